The summed E-state index contributed by atoms with van der Waals surface area (Å²) in [6.45, 7) is -0.276. The molecular weight excluding hydrogens is 401 g/mol. The van der Waals surface area contributed by atoms with Crippen LogP contribution in [0.1, 0.15) is 23.3 Å². The number of rotatable bonds is 4. The predicted octanol–water partition coefficient (Wildman–Crippen LogP) is 2.97. The van der Waals surface area contributed by atoms with Crippen LogP contribution in [-0.2, 0) is 6.54 Å². The van der Waals surface area contributed by atoms with Crippen molar-refractivity contribution in [2.24, 2.45) is 0 Å². The normalized spacial score (nSPS) is 15.5. The molecule has 0 spiro atoms. The van der Waals surface area contributed by atoms with E-state index >= 15 is 0 Å². The van der Waals surface area contributed by atoms with E-state index in [1.54, 1.807) is 29.2 Å². The Balaban J connectivity index is 1.43. The SMILES string of the molecule is O=C(c1ncc[nH]c1=O)N1CCC(Oc2cccc3c2ccn3CC(F)(F)F)CC1. The van der Waals surface area contributed by atoms with Gasteiger partial charge in [0, 0.05) is 49.9 Å². The average Bonchev–Trinajstić information content (AvgIpc) is 3.11. The quantitative estimate of drug-likeness (QED) is 0.704. The highest BCUT2D eigenvalue weighted by Gasteiger charge is 2.29. The van der Waals surface area contributed by atoms with Gasteiger partial charge in [-0.05, 0) is 18.2 Å². The highest BCUT2D eigenvalue weighted by atomic mass is 19.4. The molecule has 0 atom stereocenters. The number of hydrogen-bond donors (Lipinski definition) is 1. The Morgan fingerprint density at radius 1 is 1.23 bits per heavy atom. The molecule has 1 fully saturated rings. The summed E-state index contributed by atoms with van der Waals surface area (Å²) in [6.07, 6.45) is 0.700. The van der Waals surface area contributed by atoms with Crippen molar-refractivity contribution < 1.29 is 22.7 Å². The number of alkyl halides is 3. The van der Waals surface area contributed by atoms with Crippen molar-refractivity contribution in [1.82, 2.24) is 19.4 Å². The number of aromatic nitrogens is 3. The van der Waals surface area contributed by atoms with Crippen LogP contribution in [0.15, 0.2) is 47.7 Å². The Kier molecular flexibility index (Phi) is 5.23. The zero-order valence-corrected chi connectivity index (χ0v) is 15.9. The first-order valence-corrected chi connectivity index (χ1v) is 9.46. The Hall–Kier alpha value is -3.30. The molecule has 3 heterocycles. The van der Waals surface area contributed by atoms with Crippen molar-refractivity contribution in [1.29, 1.82) is 0 Å². The molecule has 1 aliphatic heterocycles. The van der Waals surface area contributed by atoms with Gasteiger partial charge in [0.05, 0.1) is 5.52 Å². The largest absolute Gasteiger partial charge is 0.490 e. The lowest BCUT2D eigenvalue weighted by atomic mass is 10.1. The van der Waals surface area contributed by atoms with Crippen LogP contribution in [0, 0.1) is 0 Å². The van der Waals surface area contributed by atoms with E-state index in [2.05, 4.69) is 9.97 Å². The smallest absolute Gasteiger partial charge is 0.406 e. The second-order valence-electron chi connectivity index (χ2n) is 7.12. The van der Waals surface area contributed by atoms with Crippen LogP contribution in [0.5, 0.6) is 5.75 Å². The lowest BCUT2D eigenvalue weighted by Crippen LogP contribution is -2.43. The van der Waals surface area contributed by atoms with Gasteiger partial charge >= 0.3 is 6.18 Å². The number of carbonyl (C=O) groups is 1. The molecule has 2 aromatic heterocycles. The summed E-state index contributed by atoms with van der Waals surface area (Å²) in [6, 6.07) is 6.63. The van der Waals surface area contributed by atoms with Gasteiger partial charge in [-0.15, -0.1) is 0 Å². The predicted molar refractivity (Wildman–Crippen MR) is 102 cm³/mol. The summed E-state index contributed by atoms with van der Waals surface area (Å²) >= 11 is 0. The molecule has 30 heavy (non-hydrogen) atoms. The lowest BCUT2D eigenvalue weighted by molar-refractivity contribution is -0.139. The highest BCUT2D eigenvalue weighted by Crippen LogP contribution is 2.31. The van der Waals surface area contributed by atoms with Crippen LogP contribution in [0.2, 0.25) is 0 Å². The van der Waals surface area contributed by atoms with Gasteiger partial charge in [-0.3, -0.25) is 9.59 Å². The van der Waals surface area contributed by atoms with Gasteiger partial charge < -0.3 is 19.2 Å². The van der Waals surface area contributed by atoms with Crippen molar-refractivity contribution in [3.63, 3.8) is 0 Å². The van der Waals surface area contributed by atoms with E-state index in [-0.39, 0.29) is 11.8 Å². The maximum atomic E-state index is 12.8. The molecule has 3 aromatic rings. The third-order valence-electron chi connectivity index (χ3n) is 5.06. The number of piperidine rings is 1. The van der Waals surface area contributed by atoms with E-state index in [1.165, 1.54) is 18.6 Å². The molecule has 1 aliphatic rings. The summed E-state index contributed by atoms with van der Waals surface area (Å²) < 4.78 is 45.5. The molecular formula is C20H19F3N4O3. The van der Waals surface area contributed by atoms with Crippen LogP contribution >= 0.6 is 0 Å². The van der Waals surface area contributed by atoms with E-state index in [4.69, 9.17) is 4.74 Å². The molecule has 158 valence electrons. The number of carbonyl (C=O) groups excluding carboxylic acids is 1. The van der Waals surface area contributed by atoms with Crippen molar-refractivity contribution in [2.75, 3.05) is 13.1 Å². The summed E-state index contributed by atoms with van der Waals surface area (Å²) in [5, 5.41) is 0.611. The van der Waals surface area contributed by atoms with Crippen LogP contribution in [0.25, 0.3) is 10.9 Å². The zero-order valence-electron chi connectivity index (χ0n) is 15.9. The number of nitrogens with one attached hydrogen (secondary N) is 1. The van der Waals surface area contributed by atoms with Crippen LogP contribution in [0.4, 0.5) is 13.2 Å². The second kappa shape index (κ2) is 7.85. The van der Waals surface area contributed by atoms with E-state index in [0.717, 1.165) is 4.57 Å². The van der Waals surface area contributed by atoms with Crippen LogP contribution in [0.3, 0.4) is 0 Å². The summed E-state index contributed by atoms with van der Waals surface area (Å²) in [5.74, 6) is 0.0843. The number of ether oxygens (including phenoxy) is 1. The fourth-order valence-corrected chi connectivity index (χ4v) is 3.64. The molecule has 7 nitrogen and oxygen atoms in total. The van der Waals surface area contributed by atoms with Gasteiger partial charge in [-0.25, -0.2) is 4.98 Å². The molecule has 0 aliphatic carbocycles. The maximum Gasteiger partial charge on any atom is 0.406 e. The minimum absolute atomic E-state index is 0.146. The third-order valence-corrected chi connectivity index (χ3v) is 5.06. The topological polar surface area (TPSA) is 80.2 Å². The Bertz CT molecular complexity index is 1110. The van der Waals surface area contributed by atoms with E-state index in [9.17, 15) is 22.8 Å². The zero-order chi connectivity index (χ0) is 21.3. The molecule has 10 heteroatoms. The van der Waals surface area contributed by atoms with Crippen LogP contribution in [-0.4, -0.2) is 50.7 Å². The lowest BCUT2D eigenvalue weighted by Gasteiger charge is -2.32. The summed E-state index contributed by atoms with van der Waals surface area (Å²) in [4.78, 5) is 32.1. The Labute approximate surface area is 169 Å². The molecule has 0 radical (unpaired) electrons. The number of fused-ring (bicyclic) bond motifs is 1. The van der Waals surface area contributed by atoms with Gasteiger partial charge in [0.15, 0.2) is 5.69 Å². The highest BCUT2D eigenvalue weighted by molar-refractivity contribution is 5.92. The van der Waals surface area contributed by atoms with Gasteiger partial charge in [0.2, 0.25) is 0 Å². The summed E-state index contributed by atoms with van der Waals surface area (Å²) in [5.41, 5.74) is -0.227. The average molecular weight is 420 g/mol. The van der Waals surface area contributed by atoms with Crippen molar-refractivity contribution >= 4 is 16.8 Å². The van der Waals surface area contributed by atoms with E-state index < -0.39 is 24.2 Å². The number of aromatic amines is 1. The first-order chi connectivity index (χ1) is 14.3. The third kappa shape index (κ3) is 4.17. The van der Waals surface area contributed by atoms with Gasteiger partial charge in [-0.2, -0.15) is 13.2 Å². The molecule has 0 saturated carbocycles. The molecule has 1 N–H and O–H groups in total. The van der Waals surface area contributed by atoms with Crippen molar-refractivity contribution in [3.05, 3.63) is 58.9 Å². The molecule has 1 aromatic carbocycles. The number of hydrogen-bond acceptors (Lipinski definition) is 4. The maximum absolute atomic E-state index is 12.8. The monoisotopic (exact) mass is 420 g/mol. The van der Waals surface area contributed by atoms with Crippen LogP contribution < -0.4 is 10.3 Å². The number of amides is 1. The number of nitrogens with zero attached hydrogens (tertiary/aromatic N) is 3. The Morgan fingerprint density at radius 2 is 2.00 bits per heavy atom. The van der Waals surface area contributed by atoms with Gasteiger partial charge in [-0.1, -0.05) is 6.07 Å². The van der Waals surface area contributed by atoms with Crippen molar-refractivity contribution in [2.45, 2.75) is 31.7 Å². The number of benzene rings is 1. The molecule has 0 bridgehead atoms. The van der Waals surface area contributed by atoms with Crippen molar-refractivity contribution in [3.8, 4) is 5.75 Å². The molecule has 0 unspecified atom stereocenters. The standard InChI is InChI=1S/C20H19F3N4O3/c21-20(22,23)12-27-11-6-14-15(27)2-1-3-16(14)30-13-4-9-26(10-5-13)19(29)17-18(28)25-8-7-24-17/h1-3,6-8,11,13H,4-5,9-10,12H2,(H,25,28). The van der Waals surface area contributed by atoms with E-state index in [0.29, 0.717) is 42.6 Å². The van der Waals surface area contributed by atoms with Gasteiger partial charge in [0.1, 0.15) is 18.4 Å². The summed E-state index contributed by atoms with van der Waals surface area (Å²) in [7, 11) is 0. The number of H-pyrrole nitrogens is 1. The molecule has 4 rings (SSSR count). The molecule has 1 amide bonds. The Morgan fingerprint density at radius 3 is 2.70 bits per heavy atom. The first-order valence-electron chi connectivity index (χ1n) is 9.46. The molecule has 1 saturated heterocycles. The van der Waals surface area contributed by atoms with E-state index in [1.807, 2.05) is 0 Å². The van der Waals surface area contributed by atoms with Gasteiger partial charge in [0.25, 0.3) is 11.5 Å². The minimum atomic E-state index is -4.31. The first kappa shape index (κ1) is 20.0. The second-order valence-corrected chi connectivity index (χ2v) is 7.12. The number of likely N-dealkylation sites (tertiary alicyclic amines) is 1. The minimum Gasteiger partial charge on any atom is -0.490 e. The fourth-order valence-electron chi connectivity index (χ4n) is 3.64. The fraction of sp³-hybridized carbons (Fsp3) is 0.350. The number of halogens is 3.